The van der Waals surface area contributed by atoms with Crippen LogP contribution in [0.5, 0.6) is 5.75 Å². The highest BCUT2D eigenvalue weighted by Crippen LogP contribution is 2.45. The maximum absolute atomic E-state index is 12.5. The lowest BCUT2D eigenvalue weighted by atomic mass is 10.1. The van der Waals surface area contributed by atoms with Crippen LogP contribution in [0.2, 0.25) is 0 Å². The number of amides is 2. The smallest absolute Gasteiger partial charge is 0.236 e. The Bertz CT molecular complexity index is 603. The Labute approximate surface area is 140 Å². The molecule has 0 unspecified atom stereocenters. The number of nitrogens with one attached hydrogen (secondary N) is 1. The molecule has 1 saturated heterocycles. The molecule has 124 valence electrons. The molecule has 5 nitrogen and oxygen atoms in total. The summed E-state index contributed by atoms with van der Waals surface area (Å²) >= 11 is 1.61. The average Bonchev–Trinajstić information content (AvgIpc) is 3.32. The van der Waals surface area contributed by atoms with Gasteiger partial charge in [0.2, 0.25) is 11.8 Å². The van der Waals surface area contributed by atoms with Crippen molar-refractivity contribution >= 4 is 23.6 Å². The molecule has 1 aliphatic carbocycles. The van der Waals surface area contributed by atoms with Gasteiger partial charge in [0.05, 0.1) is 12.4 Å². The maximum atomic E-state index is 12.5. The molecule has 0 radical (unpaired) electrons. The standard InChI is InChI=1S/C17H22N2O3S/c1-11-16(21)19(10-9-15(20)18-12-7-8-12)17(23-11)13-5-3-4-6-14(13)22-2/h3-6,11-12,17H,7-10H2,1-2H3,(H,18,20)/t11-,17+/m0/s1. The molecular weight excluding hydrogens is 312 g/mol. The Morgan fingerprint density at radius 2 is 2.13 bits per heavy atom. The summed E-state index contributed by atoms with van der Waals surface area (Å²) in [6.45, 7) is 2.36. The van der Waals surface area contributed by atoms with Crippen molar-refractivity contribution < 1.29 is 14.3 Å². The number of nitrogens with zero attached hydrogens (tertiary/aromatic N) is 1. The zero-order valence-electron chi connectivity index (χ0n) is 13.5. The number of hydrogen-bond donors (Lipinski definition) is 1. The second kappa shape index (κ2) is 6.83. The van der Waals surface area contributed by atoms with Gasteiger partial charge in [-0.3, -0.25) is 9.59 Å². The van der Waals surface area contributed by atoms with Gasteiger partial charge in [0, 0.05) is 24.6 Å². The molecule has 1 aliphatic heterocycles. The van der Waals surface area contributed by atoms with Gasteiger partial charge in [0.25, 0.3) is 0 Å². The van der Waals surface area contributed by atoms with Gasteiger partial charge >= 0.3 is 0 Å². The largest absolute Gasteiger partial charge is 0.496 e. The van der Waals surface area contributed by atoms with Crippen LogP contribution in [-0.4, -0.2) is 41.7 Å². The fourth-order valence-corrected chi connectivity index (χ4v) is 4.10. The molecule has 23 heavy (non-hydrogen) atoms. The Kier molecular flexibility index (Phi) is 4.80. The lowest BCUT2D eigenvalue weighted by Gasteiger charge is -2.25. The molecule has 2 fully saturated rings. The topological polar surface area (TPSA) is 58.6 Å². The van der Waals surface area contributed by atoms with E-state index in [0.717, 1.165) is 24.2 Å². The van der Waals surface area contributed by atoms with Crippen molar-refractivity contribution in [2.45, 2.75) is 42.9 Å². The van der Waals surface area contributed by atoms with E-state index >= 15 is 0 Å². The highest BCUT2D eigenvalue weighted by Gasteiger charge is 2.39. The number of benzene rings is 1. The van der Waals surface area contributed by atoms with Crippen molar-refractivity contribution in [3.05, 3.63) is 29.8 Å². The van der Waals surface area contributed by atoms with E-state index in [1.54, 1.807) is 23.8 Å². The van der Waals surface area contributed by atoms with Crippen LogP contribution in [0.4, 0.5) is 0 Å². The van der Waals surface area contributed by atoms with E-state index in [2.05, 4.69) is 5.32 Å². The van der Waals surface area contributed by atoms with Gasteiger partial charge < -0.3 is 15.0 Å². The molecule has 6 heteroatoms. The zero-order chi connectivity index (χ0) is 16.4. The quantitative estimate of drug-likeness (QED) is 0.867. The summed E-state index contributed by atoms with van der Waals surface area (Å²) in [4.78, 5) is 26.2. The minimum atomic E-state index is -0.101. The Hall–Kier alpha value is -1.69. The first-order valence-electron chi connectivity index (χ1n) is 7.98. The first-order valence-corrected chi connectivity index (χ1v) is 8.92. The van der Waals surface area contributed by atoms with E-state index in [9.17, 15) is 9.59 Å². The summed E-state index contributed by atoms with van der Waals surface area (Å²) in [5.74, 6) is 0.896. The molecule has 2 aliphatic rings. The number of methoxy groups -OCH3 is 1. The molecule has 1 saturated carbocycles. The normalized spacial score (nSPS) is 23.9. The van der Waals surface area contributed by atoms with Gasteiger partial charge in [-0.05, 0) is 25.8 Å². The zero-order valence-corrected chi connectivity index (χ0v) is 14.3. The van der Waals surface area contributed by atoms with Crippen LogP contribution in [-0.2, 0) is 9.59 Å². The van der Waals surface area contributed by atoms with Crippen molar-refractivity contribution in [1.82, 2.24) is 10.2 Å². The minimum Gasteiger partial charge on any atom is -0.496 e. The number of ether oxygens (including phenoxy) is 1. The van der Waals surface area contributed by atoms with E-state index < -0.39 is 0 Å². The number of carbonyl (C=O) groups is 2. The molecule has 0 bridgehead atoms. The molecule has 0 spiro atoms. The molecule has 1 aromatic rings. The van der Waals surface area contributed by atoms with Gasteiger partial charge in [0.1, 0.15) is 11.1 Å². The third kappa shape index (κ3) is 3.63. The van der Waals surface area contributed by atoms with Crippen LogP contribution in [0.1, 0.15) is 37.1 Å². The molecule has 1 heterocycles. The molecule has 2 amide bonds. The van der Waals surface area contributed by atoms with Crippen molar-refractivity contribution in [3.8, 4) is 5.75 Å². The predicted molar refractivity (Wildman–Crippen MR) is 90.3 cm³/mol. The Balaban J connectivity index is 1.72. The van der Waals surface area contributed by atoms with Gasteiger partial charge in [-0.1, -0.05) is 18.2 Å². The minimum absolute atomic E-state index is 0.0311. The van der Waals surface area contributed by atoms with Crippen LogP contribution in [0, 0.1) is 0 Å². The lowest BCUT2D eigenvalue weighted by Crippen LogP contribution is -2.35. The van der Waals surface area contributed by atoms with Crippen LogP contribution >= 0.6 is 11.8 Å². The van der Waals surface area contributed by atoms with Crippen LogP contribution < -0.4 is 10.1 Å². The fourth-order valence-electron chi connectivity index (χ4n) is 2.76. The van der Waals surface area contributed by atoms with Crippen LogP contribution in [0.3, 0.4) is 0 Å². The van der Waals surface area contributed by atoms with Crippen molar-refractivity contribution in [2.75, 3.05) is 13.7 Å². The first-order chi connectivity index (χ1) is 11.1. The average molecular weight is 334 g/mol. The highest BCUT2D eigenvalue weighted by molar-refractivity contribution is 8.01. The van der Waals surface area contributed by atoms with Gasteiger partial charge in [-0.2, -0.15) is 0 Å². The third-order valence-corrected chi connectivity index (χ3v) is 5.55. The van der Waals surface area contributed by atoms with Gasteiger partial charge in [-0.15, -0.1) is 11.8 Å². The van der Waals surface area contributed by atoms with E-state index in [0.29, 0.717) is 19.0 Å². The summed E-state index contributed by atoms with van der Waals surface area (Å²) in [6.07, 6.45) is 2.50. The summed E-state index contributed by atoms with van der Waals surface area (Å²) in [7, 11) is 1.64. The van der Waals surface area contributed by atoms with Crippen LogP contribution in [0.15, 0.2) is 24.3 Å². The number of para-hydroxylation sites is 1. The van der Waals surface area contributed by atoms with E-state index in [1.165, 1.54) is 0 Å². The third-order valence-electron chi connectivity index (χ3n) is 4.17. The number of rotatable bonds is 6. The van der Waals surface area contributed by atoms with Crippen molar-refractivity contribution in [2.24, 2.45) is 0 Å². The summed E-state index contributed by atoms with van der Waals surface area (Å²) in [5.41, 5.74) is 0.986. The van der Waals surface area contributed by atoms with Crippen molar-refractivity contribution in [1.29, 1.82) is 0 Å². The van der Waals surface area contributed by atoms with Gasteiger partial charge in [-0.25, -0.2) is 0 Å². The fraction of sp³-hybridized carbons (Fsp3) is 0.529. The number of hydrogen-bond acceptors (Lipinski definition) is 4. The highest BCUT2D eigenvalue weighted by atomic mass is 32.2. The summed E-state index contributed by atoms with van der Waals surface area (Å²) < 4.78 is 5.43. The molecule has 1 aromatic carbocycles. The lowest BCUT2D eigenvalue weighted by molar-refractivity contribution is -0.130. The Morgan fingerprint density at radius 3 is 2.83 bits per heavy atom. The number of carbonyl (C=O) groups excluding carboxylic acids is 2. The summed E-state index contributed by atoms with van der Waals surface area (Å²) in [5, 5.41) is 2.78. The van der Waals surface area contributed by atoms with Gasteiger partial charge in [0.15, 0.2) is 0 Å². The predicted octanol–water partition coefficient (Wildman–Crippen LogP) is 2.33. The molecule has 2 atom stereocenters. The number of thioether (sulfide) groups is 1. The SMILES string of the molecule is COc1ccccc1[C@H]1S[C@@H](C)C(=O)N1CCC(=O)NC1CC1. The van der Waals surface area contributed by atoms with Crippen LogP contribution in [0.25, 0.3) is 0 Å². The second-order valence-electron chi connectivity index (χ2n) is 6.00. The van der Waals surface area contributed by atoms with E-state index in [1.807, 2.05) is 31.2 Å². The molecular formula is C17H22N2O3S. The first kappa shape index (κ1) is 16.2. The second-order valence-corrected chi connectivity index (χ2v) is 7.42. The monoisotopic (exact) mass is 334 g/mol. The summed E-state index contributed by atoms with van der Waals surface area (Å²) in [6, 6.07) is 8.11. The van der Waals surface area contributed by atoms with Crippen molar-refractivity contribution in [3.63, 3.8) is 0 Å². The van der Waals surface area contributed by atoms with E-state index in [4.69, 9.17) is 4.74 Å². The Morgan fingerprint density at radius 1 is 1.39 bits per heavy atom. The maximum Gasteiger partial charge on any atom is 0.236 e. The van der Waals surface area contributed by atoms with E-state index in [-0.39, 0.29) is 22.4 Å². The molecule has 0 aromatic heterocycles. The molecule has 3 rings (SSSR count). The molecule has 1 N–H and O–H groups in total.